The van der Waals surface area contributed by atoms with Crippen molar-refractivity contribution in [2.45, 2.75) is 58.8 Å². The molecule has 3 heteroatoms. The molecule has 0 saturated heterocycles. The molecule has 4 fully saturated rings. The Morgan fingerprint density at radius 3 is 2.08 bits per heavy atom. The van der Waals surface area contributed by atoms with Gasteiger partial charge in [0.2, 0.25) is 0 Å². The van der Waals surface area contributed by atoms with E-state index in [-0.39, 0.29) is 24.8 Å². The largest absolute Gasteiger partial charge is 0.147 e. The number of halogens is 2. The van der Waals surface area contributed by atoms with Crippen molar-refractivity contribution in [2.75, 3.05) is 0 Å². The summed E-state index contributed by atoms with van der Waals surface area (Å²) in [5.41, 5.74) is 9.82. The first-order valence-electron chi connectivity index (χ1n) is 15.0. The molecular weight excluding hydrogens is 607 g/mol. The Morgan fingerprint density at radius 1 is 0.750 bits per heavy atom. The molecule has 1 unspecified atom stereocenters. The zero-order chi connectivity index (χ0) is 25.4. The summed E-state index contributed by atoms with van der Waals surface area (Å²) in [6.45, 7) is 5.01. The van der Waals surface area contributed by atoms with Crippen molar-refractivity contribution in [1.82, 2.24) is 0 Å². The normalized spacial score (nSPS) is 29.4. The van der Waals surface area contributed by atoms with Crippen molar-refractivity contribution in [3.05, 3.63) is 110 Å². The Labute approximate surface area is 260 Å². The summed E-state index contributed by atoms with van der Waals surface area (Å²) in [7, 11) is 0. The van der Waals surface area contributed by atoms with Gasteiger partial charge < -0.3 is 0 Å². The monoisotopic (exact) mass is 644 g/mol. The summed E-state index contributed by atoms with van der Waals surface area (Å²) < 4.78 is 5.24. The van der Waals surface area contributed by atoms with Gasteiger partial charge in [0.15, 0.2) is 0 Å². The minimum absolute atomic E-state index is 0. The first kappa shape index (κ1) is 28.6. The van der Waals surface area contributed by atoms with Crippen LogP contribution in [0.25, 0.3) is 11.1 Å². The molecule has 0 nitrogen and oxygen atoms in total. The molecule has 0 aromatic heterocycles. The zero-order valence-electron chi connectivity index (χ0n) is 23.7. The quantitative estimate of drug-likeness (QED) is 0.207. The van der Waals surface area contributed by atoms with Crippen LogP contribution in [-0.4, -0.2) is 3.21 Å². The van der Waals surface area contributed by atoms with E-state index in [0.717, 1.165) is 24.2 Å². The van der Waals surface area contributed by atoms with Crippen molar-refractivity contribution < 1.29 is 21.3 Å². The van der Waals surface area contributed by atoms with Crippen LogP contribution in [0.15, 0.2) is 93.8 Å². The summed E-state index contributed by atoms with van der Waals surface area (Å²) in [6, 6.07) is 27.8. The predicted octanol–water partition coefficient (Wildman–Crippen LogP) is 9.26. The molecule has 3 aromatic rings. The molecule has 4 bridgehead atoms. The third-order valence-corrected chi connectivity index (χ3v) is 18.8. The van der Waals surface area contributed by atoms with E-state index < -0.39 is 21.3 Å². The van der Waals surface area contributed by atoms with Crippen LogP contribution in [0, 0.1) is 29.1 Å². The molecule has 0 aliphatic heterocycles. The zero-order valence-corrected chi connectivity index (χ0v) is 27.7. The van der Waals surface area contributed by atoms with Crippen molar-refractivity contribution >= 4 is 31.3 Å². The molecule has 4 saturated carbocycles. The third-order valence-electron chi connectivity index (χ3n) is 10.9. The van der Waals surface area contributed by atoms with Crippen LogP contribution < -0.4 is 3.27 Å². The van der Waals surface area contributed by atoms with Gasteiger partial charge in [-0.1, -0.05) is 0 Å². The average Bonchev–Trinajstić information content (AvgIpc) is 3.50. The molecular formula is C37H40Cl2Zr. The molecule has 0 radical (unpaired) electrons. The molecule has 9 rings (SSSR count). The van der Waals surface area contributed by atoms with E-state index in [4.69, 9.17) is 0 Å². The van der Waals surface area contributed by atoms with Gasteiger partial charge in [-0.05, 0) is 0 Å². The van der Waals surface area contributed by atoms with Gasteiger partial charge in [0, 0.05) is 0 Å². The average molecular weight is 647 g/mol. The smallest absolute Gasteiger partial charge is 0.147 e. The van der Waals surface area contributed by atoms with Gasteiger partial charge in [-0.15, -0.1) is 24.8 Å². The second kappa shape index (κ2) is 10.9. The molecule has 0 heterocycles. The number of benzene rings is 3. The van der Waals surface area contributed by atoms with Gasteiger partial charge in [-0.2, -0.15) is 0 Å². The molecule has 0 N–H and O–H groups in total. The molecule has 6 aliphatic rings. The fourth-order valence-corrected chi connectivity index (χ4v) is 17.5. The molecule has 206 valence electrons. The van der Waals surface area contributed by atoms with Gasteiger partial charge in [0.05, 0.1) is 0 Å². The molecule has 3 aromatic carbocycles. The third kappa shape index (κ3) is 4.55. The van der Waals surface area contributed by atoms with E-state index in [2.05, 4.69) is 98.8 Å². The first-order chi connectivity index (χ1) is 18.6. The summed E-state index contributed by atoms with van der Waals surface area (Å²) in [5, 5.41) is 0. The summed E-state index contributed by atoms with van der Waals surface area (Å²) >= 11 is -2.41. The van der Waals surface area contributed by atoms with Gasteiger partial charge in [0.25, 0.3) is 0 Å². The molecule has 40 heavy (non-hydrogen) atoms. The van der Waals surface area contributed by atoms with E-state index in [1.807, 2.05) is 3.28 Å². The van der Waals surface area contributed by atoms with Crippen molar-refractivity contribution in [1.29, 1.82) is 0 Å². The number of allylic oxidation sites excluding steroid dienone is 4. The van der Waals surface area contributed by atoms with Crippen LogP contribution in [0.2, 0.25) is 0 Å². The maximum Gasteiger partial charge on any atom is -0.147 e. The number of hydrogen-bond donors (Lipinski definition) is 0. The minimum Gasteiger partial charge on any atom is -0.147 e. The van der Waals surface area contributed by atoms with Crippen molar-refractivity contribution in [2.24, 2.45) is 29.1 Å². The van der Waals surface area contributed by atoms with E-state index in [9.17, 15) is 0 Å². The Hall–Kier alpha value is -1.53. The van der Waals surface area contributed by atoms with Crippen molar-refractivity contribution in [3.63, 3.8) is 0 Å². The van der Waals surface area contributed by atoms with Crippen LogP contribution in [-0.2, 0) is 27.7 Å². The van der Waals surface area contributed by atoms with Crippen LogP contribution in [0.4, 0.5) is 0 Å². The predicted molar refractivity (Wildman–Crippen MR) is 171 cm³/mol. The maximum absolute atomic E-state index is 2.81. The number of rotatable bonds is 4. The van der Waals surface area contributed by atoms with E-state index in [1.165, 1.54) is 60.8 Å². The summed E-state index contributed by atoms with van der Waals surface area (Å²) in [6.07, 6.45) is 15.6. The van der Waals surface area contributed by atoms with Crippen LogP contribution in [0.3, 0.4) is 0 Å². The van der Waals surface area contributed by atoms with Crippen LogP contribution in [0.5, 0.6) is 0 Å². The number of fused-ring (bicyclic) bond motifs is 3. The second-order valence-corrected chi connectivity index (χ2v) is 19.7. The Bertz CT molecular complexity index is 1510. The Balaban J connectivity index is 0.00000145. The van der Waals surface area contributed by atoms with Crippen LogP contribution in [0.1, 0.15) is 69.1 Å². The Morgan fingerprint density at radius 2 is 1.38 bits per heavy atom. The van der Waals surface area contributed by atoms with Gasteiger partial charge in [0.1, 0.15) is 0 Å². The molecule has 0 amide bonds. The summed E-state index contributed by atoms with van der Waals surface area (Å²) in [5.74, 6) is 3.58. The van der Waals surface area contributed by atoms with E-state index >= 15 is 0 Å². The van der Waals surface area contributed by atoms with E-state index in [0.29, 0.717) is 11.3 Å². The van der Waals surface area contributed by atoms with Crippen molar-refractivity contribution in [3.8, 4) is 11.1 Å². The number of hydrogen-bond acceptors (Lipinski definition) is 0. The van der Waals surface area contributed by atoms with Crippen LogP contribution >= 0.6 is 24.8 Å². The van der Waals surface area contributed by atoms with Gasteiger partial charge >= 0.3 is 237 Å². The summed E-state index contributed by atoms with van der Waals surface area (Å²) in [4.78, 5) is 0. The minimum atomic E-state index is -2.41. The topological polar surface area (TPSA) is 0 Å². The van der Waals surface area contributed by atoms with Gasteiger partial charge in [-0.3, -0.25) is 0 Å². The SMILES string of the molecule is C/[C](c1ccccc1)=[Zr](\[C]1=CC(C23CC4CC(CC(C4)C2)C3)=CC1C)[c]1cccc2c1Cc1ccccc1-2.Cl.Cl. The molecule has 1 atom stereocenters. The second-order valence-electron chi connectivity index (χ2n) is 13.2. The Kier molecular flexibility index (Phi) is 7.83. The standard InChI is InChI=1S/C16H21.C13H9.C8H8.2ClH.Zr/c1-11-2-3-15(4-11)16-8-12-5-13(9-16)7-14(6-12)10-16;1-3-7-12-10(5-1)9-11-6-2-4-8-13(11)12;1-2-8-6-4-3-5-7-8;;;/h3-4,11-14H,5-10H2,1H3;1-5,7-8H,9H2;3-7H,1H3;2*1H;. The molecule has 0 spiro atoms. The maximum atomic E-state index is 2.81. The fraction of sp³-hybridized carbons (Fsp3) is 0.378. The molecule has 6 aliphatic carbocycles. The van der Waals surface area contributed by atoms with E-state index in [1.54, 1.807) is 17.6 Å². The van der Waals surface area contributed by atoms with Gasteiger partial charge in [-0.25, -0.2) is 0 Å². The fourth-order valence-electron chi connectivity index (χ4n) is 9.60. The first-order valence-corrected chi connectivity index (χ1v) is 18.7.